The molecule has 1 aliphatic carbocycles. The molecule has 1 aliphatic rings. The van der Waals surface area contributed by atoms with Gasteiger partial charge in [0.05, 0.1) is 0 Å². The molecule has 3 heteroatoms. The Morgan fingerprint density at radius 2 is 1.79 bits per heavy atom. The lowest BCUT2D eigenvalue weighted by Gasteiger charge is -2.22. The maximum Gasteiger partial charge on any atom is 0.265 e. The fraction of sp³-hybridized carbons (Fsp3) is 0.381. The average molecular weight is 323 g/mol. The third-order valence-corrected chi connectivity index (χ3v) is 4.52. The first kappa shape index (κ1) is 16.6. The number of fused-ring (bicyclic) bond motifs is 1. The monoisotopic (exact) mass is 323 g/mol. The van der Waals surface area contributed by atoms with Crippen molar-refractivity contribution in [3.63, 3.8) is 0 Å². The van der Waals surface area contributed by atoms with Gasteiger partial charge in [-0.05, 0) is 86.9 Å². The fourth-order valence-corrected chi connectivity index (χ4v) is 3.39. The van der Waals surface area contributed by atoms with Crippen molar-refractivity contribution < 1.29 is 9.53 Å². The van der Waals surface area contributed by atoms with Crippen LogP contribution in [-0.4, -0.2) is 12.0 Å². The summed E-state index contributed by atoms with van der Waals surface area (Å²) in [5.41, 5.74) is 5.73. The molecular weight excluding hydrogens is 298 g/mol. The normalized spacial score (nSPS) is 14.6. The molecule has 3 nitrogen and oxygen atoms in total. The van der Waals surface area contributed by atoms with Crippen molar-refractivity contribution in [3.05, 3.63) is 58.7 Å². The van der Waals surface area contributed by atoms with Gasteiger partial charge in [0, 0.05) is 5.69 Å². The predicted octanol–water partition coefficient (Wildman–Crippen LogP) is 4.59. The third kappa shape index (κ3) is 3.78. The van der Waals surface area contributed by atoms with Crippen LogP contribution in [0.2, 0.25) is 0 Å². The molecule has 1 N–H and O–H groups in total. The average Bonchev–Trinajstić information content (AvgIpc) is 2.54. The van der Waals surface area contributed by atoms with Gasteiger partial charge in [0.2, 0.25) is 0 Å². The second kappa shape index (κ2) is 7.08. The topological polar surface area (TPSA) is 38.3 Å². The van der Waals surface area contributed by atoms with Crippen molar-refractivity contribution in [2.45, 2.75) is 52.6 Å². The Bertz CT molecular complexity index is 731. The van der Waals surface area contributed by atoms with E-state index in [0.717, 1.165) is 35.4 Å². The molecule has 0 bridgehead atoms. The summed E-state index contributed by atoms with van der Waals surface area (Å²) in [6.45, 7) is 5.86. The van der Waals surface area contributed by atoms with Crippen molar-refractivity contribution in [1.82, 2.24) is 0 Å². The molecule has 0 aliphatic heterocycles. The molecule has 0 aromatic heterocycles. The van der Waals surface area contributed by atoms with Crippen molar-refractivity contribution in [2.75, 3.05) is 5.32 Å². The van der Waals surface area contributed by atoms with Crippen LogP contribution in [0.15, 0.2) is 36.4 Å². The van der Waals surface area contributed by atoms with Crippen LogP contribution in [0.3, 0.4) is 0 Å². The van der Waals surface area contributed by atoms with Crippen LogP contribution in [0, 0.1) is 13.8 Å². The number of aryl methyl sites for hydroxylation is 3. The zero-order valence-electron chi connectivity index (χ0n) is 14.7. The second-order valence-electron chi connectivity index (χ2n) is 6.73. The van der Waals surface area contributed by atoms with Crippen molar-refractivity contribution in [3.8, 4) is 5.75 Å². The summed E-state index contributed by atoms with van der Waals surface area (Å²) in [5.74, 6) is 0.740. The van der Waals surface area contributed by atoms with Crippen molar-refractivity contribution in [1.29, 1.82) is 0 Å². The lowest BCUT2D eigenvalue weighted by molar-refractivity contribution is -0.122. The number of hydrogen-bond donors (Lipinski definition) is 1. The first-order chi connectivity index (χ1) is 11.5. The Morgan fingerprint density at radius 3 is 2.54 bits per heavy atom. The first-order valence-electron chi connectivity index (χ1n) is 8.69. The summed E-state index contributed by atoms with van der Waals surface area (Å²) in [6.07, 6.45) is 4.04. The molecule has 2 aromatic carbocycles. The van der Waals surface area contributed by atoms with Gasteiger partial charge in [-0.3, -0.25) is 4.79 Å². The summed E-state index contributed by atoms with van der Waals surface area (Å²) in [6, 6.07) is 12.2. The Labute approximate surface area is 144 Å². The minimum atomic E-state index is -0.528. The van der Waals surface area contributed by atoms with E-state index in [9.17, 15) is 4.79 Å². The van der Waals surface area contributed by atoms with Gasteiger partial charge >= 0.3 is 0 Å². The Hall–Kier alpha value is -2.29. The van der Waals surface area contributed by atoms with Crippen molar-refractivity contribution >= 4 is 11.6 Å². The first-order valence-corrected chi connectivity index (χ1v) is 8.69. The largest absolute Gasteiger partial charge is 0.481 e. The van der Waals surface area contributed by atoms with E-state index in [0.29, 0.717) is 0 Å². The van der Waals surface area contributed by atoms with Gasteiger partial charge in [0.15, 0.2) is 6.10 Å². The third-order valence-electron chi connectivity index (χ3n) is 4.52. The molecule has 0 radical (unpaired) electrons. The lowest BCUT2D eigenvalue weighted by atomic mass is 9.91. The summed E-state index contributed by atoms with van der Waals surface area (Å²) < 4.78 is 6.00. The van der Waals surface area contributed by atoms with Gasteiger partial charge < -0.3 is 10.1 Å². The molecule has 0 fully saturated rings. The summed E-state index contributed by atoms with van der Waals surface area (Å²) >= 11 is 0. The van der Waals surface area contributed by atoms with Gasteiger partial charge in [-0.2, -0.15) is 0 Å². The van der Waals surface area contributed by atoms with E-state index >= 15 is 0 Å². The van der Waals surface area contributed by atoms with Gasteiger partial charge in [-0.25, -0.2) is 0 Å². The number of ether oxygens (including phenoxy) is 1. The zero-order valence-corrected chi connectivity index (χ0v) is 14.7. The maximum atomic E-state index is 12.5. The van der Waals surface area contributed by atoms with Gasteiger partial charge in [0.1, 0.15) is 5.75 Å². The number of benzene rings is 2. The minimum absolute atomic E-state index is 0.117. The summed E-state index contributed by atoms with van der Waals surface area (Å²) in [7, 11) is 0. The van der Waals surface area contributed by atoms with Crippen LogP contribution >= 0.6 is 0 Å². The molecule has 0 unspecified atom stereocenters. The fourth-order valence-electron chi connectivity index (χ4n) is 3.39. The van der Waals surface area contributed by atoms with Gasteiger partial charge in [-0.15, -0.1) is 0 Å². The van der Waals surface area contributed by atoms with E-state index in [1.807, 2.05) is 38.1 Å². The van der Waals surface area contributed by atoms with E-state index in [2.05, 4.69) is 17.4 Å². The number of amides is 1. The predicted molar refractivity (Wildman–Crippen MR) is 97.7 cm³/mol. The lowest BCUT2D eigenvalue weighted by Crippen LogP contribution is -2.30. The molecule has 2 aromatic rings. The van der Waals surface area contributed by atoms with Crippen LogP contribution < -0.4 is 10.1 Å². The smallest absolute Gasteiger partial charge is 0.265 e. The maximum absolute atomic E-state index is 12.5. The quantitative estimate of drug-likeness (QED) is 0.894. The minimum Gasteiger partial charge on any atom is -0.481 e. The summed E-state index contributed by atoms with van der Waals surface area (Å²) in [5, 5.41) is 2.96. The molecule has 0 saturated heterocycles. The highest BCUT2D eigenvalue weighted by molar-refractivity contribution is 5.94. The molecule has 3 rings (SSSR count). The molecule has 1 amide bonds. The van der Waals surface area contributed by atoms with Gasteiger partial charge in [-0.1, -0.05) is 18.2 Å². The Morgan fingerprint density at radius 1 is 1.08 bits per heavy atom. The molecule has 1 atom stereocenters. The molecule has 126 valence electrons. The molecular formula is C21H25NO2. The van der Waals surface area contributed by atoms with Crippen LogP contribution in [0.1, 0.15) is 42.0 Å². The van der Waals surface area contributed by atoms with Crippen LogP contribution in [0.5, 0.6) is 5.75 Å². The highest BCUT2D eigenvalue weighted by Crippen LogP contribution is 2.30. The molecule has 24 heavy (non-hydrogen) atoms. The molecule has 0 spiro atoms. The number of rotatable bonds is 4. The van der Waals surface area contributed by atoms with E-state index in [-0.39, 0.29) is 5.91 Å². The standard InChI is InChI=1S/C21H25NO2/c1-14-11-15(2)13-18(12-14)22-21(23)16(3)24-20-10-6-8-17-7-4-5-9-19(17)20/h6,8,10-13,16H,4-5,7,9H2,1-3H3,(H,22,23)/t16-/m0/s1. The Kier molecular flexibility index (Phi) is 4.89. The SMILES string of the molecule is Cc1cc(C)cc(NC(=O)[C@H](C)Oc2cccc3c2CCCC3)c1. The number of hydrogen-bond acceptors (Lipinski definition) is 2. The van der Waals surface area contributed by atoms with E-state index in [1.165, 1.54) is 24.0 Å². The van der Waals surface area contributed by atoms with Gasteiger partial charge in [0.25, 0.3) is 5.91 Å². The number of anilines is 1. The van der Waals surface area contributed by atoms with Crippen molar-refractivity contribution in [2.24, 2.45) is 0 Å². The van der Waals surface area contributed by atoms with E-state index < -0.39 is 6.10 Å². The second-order valence-corrected chi connectivity index (χ2v) is 6.73. The highest BCUT2D eigenvalue weighted by Gasteiger charge is 2.19. The molecule has 0 saturated carbocycles. The van der Waals surface area contributed by atoms with Crippen LogP contribution in [0.4, 0.5) is 5.69 Å². The molecule has 0 heterocycles. The Balaban J connectivity index is 1.70. The van der Waals surface area contributed by atoms with Crippen LogP contribution in [0.25, 0.3) is 0 Å². The van der Waals surface area contributed by atoms with E-state index in [1.54, 1.807) is 6.92 Å². The summed E-state index contributed by atoms with van der Waals surface area (Å²) in [4.78, 5) is 12.5. The number of nitrogens with one attached hydrogen (secondary N) is 1. The number of carbonyl (C=O) groups excluding carboxylic acids is 1. The zero-order chi connectivity index (χ0) is 17.1. The van der Waals surface area contributed by atoms with Crippen LogP contribution in [-0.2, 0) is 17.6 Å². The number of carbonyl (C=O) groups is 1. The van der Waals surface area contributed by atoms with E-state index in [4.69, 9.17) is 4.74 Å². The highest BCUT2D eigenvalue weighted by atomic mass is 16.5.